The molecule has 0 saturated heterocycles. The molecule has 0 aliphatic heterocycles. The second kappa shape index (κ2) is 8.77. The Morgan fingerprint density at radius 3 is 2.70 bits per heavy atom. The van der Waals surface area contributed by atoms with Crippen molar-refractivity contribution in [1.29, 1.82) is 0 Å². The van der Waals surface area contributed by atoms with Gasteiger partial charge in [-0.25, -0.2) is 4.79 Å². The molecule has 1 saturated carbocycles. The van der Waals surface area contributed by atoms with E-state index in [-0.39, 0.29) is 24.6 Å². The van der Waals surface area contributed by atoms with Crippen LogP contribution < -0.4 is 15.4 Å². The Labute approximate surface area is 138 Å². The van der Waals surface area contributed by atoms with E-state index in [4.69, 9.17) is 9.84 Å². The largest absolute Gasteiger partial charge is 0.490 e. The first kappa shape index (κ1) is 17.6. The Kier molecular flexibility index (Phi) is 6.71. The Bertz CT molecular complexity index is 501. The fourth-order valence-corrected chi connectivity index (χ4v) is 2.68. The summed E-state index contributed by atoms with van der Waals surface area (Å²) in [5.74, 6) is 0.884. The number of para-hydroxylation sites is 1. The highest BCUT2D eigenvalue weighted by Crippen LogP contribution is 2.26. The molecule has 0 spiro atoms. The first-order chi connectivity index (χ1) is 11.1. The highest BCUT2D eigenvalue weighted by molar-refractivity contribution is 5.74. The van der Waals surface area contributed by atoms with Crippen LogP contribution in [0.15, 0.2) is 24.3 Å². The molecule has 3 N–H and O–H groups in total. The lowest BCUT2D eigenvalue weighted by atomic mass is 10.1. The van der Waals surface area contributed by atoms with Gasteiger partial charge in [-0.2, -0.15) is 0 Å². The number of carbonyl (C=O) groups excluding carboxylic acids is 1. The number of hydrogen-bond acceptors (Lipinski definition) is 3. The molecule has 128 valence electrons. The van der Waals surface area contributed by atoms with Gasteiger partial charge < -0.3 is 20.5 Å². The summed E-state index contributed by atoms with van der Waals surface area (Å²) in [6, 6.07) is 7.54. The number of ether oxygens (including phenoxy) is 1. The van der Waals surface area contributed by atoms with Crippen molar-refractivity contribution < 1.29 is 14.6 Å². The van der Waals surface area contributed by atoms with E-state index in [9.17, 15) is 4.79 Å². The number of aliphatic hydroxyl groups is 1. The molecule has 5 heteroatoms. The van der Waals surface area contributed by atoms with Crippen molar-refractivity contribution in [2.75, 3.05) is 6.61 Å². The minimum absolute atomic E-state index is 0.0266. The van der Waals surface area contributed by atoms with E-state index in [0.717, 1.165) is 24.2 Å². The molecule has 23 heavy (non-hydrogen) atoms. The first-order valence-electron chi connectivity index (χ1n) is 8.50. The molecule has 1 aliphatic rings. The number of aliphatic hydroxyl groups excluding tert-OH is 1. The Balaban J connectivity index is 1.86. The zero-order chi connectivity index (χ0) is 16.7. The topological polar surface area (TPSA) is 70.6 Å². The molecule has 0 radical (unpaired) electrons. The average molecular weight is 320 g/mol. The highest BCUT2D eigenvalue weighted by Gasteiger charge is 2.18. The van der Waals surface area contributed by atoms with Crippen molar-refractivity contribution in [1.82, 2.24) is 10.6 Å². The van der Waals surface area contributed by atoms with Crippen LogP contribution in [0.25, 0.3) is 0 Å². The molecule has 2 amide bonds. The predicted octanol–water partition coefficient (Wildman–Crippen LogP) is 2.82. The quantitative estimate of drug-likeness (QED) is 0.723. The second-order valence-corrected chi connectivity index (χ2v) is 6.41. The van der Waals surface area contributed by atoms with Gasteiger partial charge in [0.25, 0.3) is 0 Å². The third-order valence-electron chi connectivity index (χ3n) is 4.51. The molecule has 2 unspecified atom stereocenters. The molecule has 2 atom stereocenters. The number of amides is 2. The number of rotatable bonds is 7. The summed E-state index contributed by atoms with van der Waals surface area (Å²) in [7, 11) is 0. The standard InChI is InChI=1S/C18H28N2O3/c1-13(12-21)14(2)20-18(22)19-11-15-7-3-6-10-17(15)23-16-8-4-5-9-16/h3,6-7,10,13-14,16,21H,4-5,8-9,11-12H2,1-2H3,(H2,19,20,22). The fourth-order valence-electron chi connectivity index (χ4n) is 2.68. The van der Waals surface area contributed by atoms with Gasteiger partial charge in [-0.05, 0) is 44.6 Å². The van der Waals surface area contributed by atoms with Crippen LogP contribution in [0.2, 0.25) is 0 Å². The van der Waals surface area contributed by atoms with Gasteiger partial charge in [-0.15, -0.1) is 0 Å². The Morgan fingerprint density at radius 1 is 1.30 bits per heavy atom. The van der Waals surface area contributed by atoms with Gasteiger partial charge in [0.05, 0.1) is 6.10 Å². The maximum atomic E-state index is 12.0. The van der Waals surface area contributed by atoms with Crippen LogP contribution in [0.4, 0.5) is 4.79 Å². The minimum atomic E-state index is -0.228. The van der Waals surface area contributed by atoms with E-state index in [1.807, 2.05) is 38.1 Å². The van der Waals surface area contributed by atoms with Crippen LogP contribution in [0, 0.1) is 5.92 Å². The zero-order valence-electron chi connectivity index (χ0n) is 14.0. The van der Waals surface area contributed by atoms with Crippen LogP contribution in [0.1, 0.15) is 45.1 Å². The third kappa shape index (κ3) is 5.43. The summed E-state index contributed by atoms with van der Waals surface area (Å²) in [4.78, 5) is 12.0. The lowest BCUT2D eigenvalue weighted by Gasteiger charge is -2.20. The van der Waals surface area contributed by atoms with E-state index < -0.39 is 0 Å². The van der Waals surface area contributed by atoms with Gasteiger partial charge >= 0.3 is 6.03 Å². The molecule has 0 bridgehead atoms. The predicted molar refractivity (Wildman–Crippen MR) is 90.4 cm³/mol. The van der Waals surface area contributed by atoms with E-state index >= 15 is 0 Å². The van der Waals surface area contributed by atoms with Crippen LogP contribution >= 0.6 is 0 Å². The average Bonchev–Trinajstić information content (AvgIpc) is 3.06. The van der Waals surface area contributed by atoms with Crippen LogP contribution in [-0.2, 0) is 6.54 Å². The van der Waals surface area contributed by atoms with Gasteiger partial charge in [0, 0.05) is 24.8 Å². The number of hydrogen-bond donors (Lipinski definition) is 3. The zero-order valence-corrected chi connectivity index (χ0v) is 14.0. The molecule has 1 aliphatic carbocycles. The molecule has 5 nitrogen and oxygen atoms in total. The molecule has 2 rings (SSSR count). The number of urea groups is 1. The van der Waals surface area contributed by atoms with E-state index in [0.29, 0.717) is 12.6 Å². The van der Waals surface area contributed by atoms with E-state index in [2.05, 4.69) is 10.6 Å². The molecule has 0 aromatic heterocycles. The molecular weight excluding hydrogens is 292 g/mol. The smallest absolute Gasteiger partial charge is 0.315 e. The van der Waals surface area contributed by atoms with Crippen LogP contribution in [0.5, 0.6) is 5.75 Å². The maximum absolute atomic E-state index is 12.0. The third-order valence-corrected chi connectivity index (χ3v) is 4.51. The maximum Gasteiger partial charge on any atom is 0.315 e. The van der Waals surface area contributed by atoms with Crippen molar-refractivity contribution in [2.45, 2.75) is 58.2 Å². The summed E-state index contributed by atoms with van der Waals surface area (Å²) < 4.78 is 6.07. The van der Waals surface area contributed by atoms with Crippen LogP contribution in [0.3, 0.4) is 0 Å². The SMILES string of the molecule is CC(CO)C(C)NC(=O)NCc1ccccc1OC1CCCC1. The van der Waals surface area contributed by atoms with Gasteiger partial charge in [0.15, 0.2) is 0 Å². The van der Waals surface area contributed by atoms with Gasteiger partial charge in [-0.3, -0.25) is 0 Å². The fraction of sp³-hybridized carbons (Fsp3) is 0.611. The Morgan fingerprint density at radius 2 is 2.00 bits per heavy atom. The molecule has 1 fully saturated rings. The van der Waals surface area contributed by atoms with Crippen molar-refractivity contribution in [2.24, 2.45) is 5.92 Å². The monoisotopic (exact) mass is 320 g/mol. The van der Waals surface area contributed by atoms with Crippen molar-refractivity contribution in [3.8, 4) is 5.75 Å². The lowest BCUT2D eigenvalue weighted by Crippen LogP contribution is -2.44. The van der Waals surface area contributed by atoms with E-state index in [1.165, 1.54) is 12.8 Å². The van der Waals surface area contributed by atoms with Crippen molar-refractivity contribution >= 4 is 6.03 Å². The molecule has 1 aromatic rings. The summed E-state index contributed by atoms with van der Waals surface area (Å²) in [5, 5.41) is 14.8. The van der Waals surface area contributed by atoms with Gasteiger partial charge in [-0.1, -0.05) is 25.1 Å². The number of carbonyl (C=O) groups is 1. The number of benzene rings is 1. The van der Waals surface area contributed by atoms with E-state index in [1.54, 1.807) is 0 Å². The van der Waals surface area contributed by atoms with Gasteiger partial charge in [0.2, 0.25) is 0 Å². The summed E-state index contributed by atoms with van der Waals surface area (Å²) >= 11 is 0. The summed E-state index contributed by atoms with van der Waals surface area (Å²) in [6.45, 7) is 4.27. The van der Waals surface area contributed by atoms with Crippen molar-refractivity contribution in [3.05, 3.63) is 29.8 Å². The first-order valence-corrected chi connectivity index (χ1v) is 8.50. The summed E-state index contributed by atoms with van der Waals surface area (Å²) in [6.07, 6.45) is 4.98. The van der Waals surface area contributed by atoms with Crippen LogP contribution in [-0.4, -0.2) is 29.9 Å². The van der Waals surface area contributed by atoms with Crippen molar-refractivity contribution in [3.63, 3.8) is 0 Å². The number of nitrogens with one attached hydrogen (secondary N) is 2. The second-order valence-electron chi connectivity index (χ2n) is 6.41. The normalized spacial score (nSPS) is 17.5. The highest BCUT2D eigenvalue weighted by atomic mass is 16.5. The summed E-state index contributed by atoms with van der Waals surface area (Å²) in [5.41, 5.74) is 0.984. The Hall–Kier alpha value is -1.75. The minimum Gasteiger partial charge on any atom is -0.490 e. The molecular formula is C18H28N2O3. The molecule has 1 aromatic carbocycles. The lowest BCUT2D eigenvalue weighted by molar-refractivity contribution is 0.199. The van der Waals surface area contributed by atoms with Gasteiger partial charge in [0.1, 0.15) is 5.75 Å². The molecule has 0 heterocycles.